The fraction of sp³-hybridized carbons (Fsp3) is 0.846. The Kier molecular flexibility index (Phi) is 5.95. The Morgan fingerprint density at radius 2 is 2.11 bits per heavy atom. The SMILES string of the molecule is CC(C)CCCCNC(=O)N1CCC[C@H]1C(=O)O. The van der Waals surface area contributed by atoms with Gasteiger partial charge in [-0.2, -0.15) is 0 Å². The van der Waals surface area contributed by atoms with Gasteiger partial charge >= 0.3 is 12.0 Å². The average molecular weight is 256 g/mol. The second-order valence-electron chi connectivity index (χ2n) is 5.31. The summed E-state index contributed by atoms with van der Waals surface area (Å²) in [6.07, 6.45) is 4.56. The molecule has 1 atom stereocenters. The first-order valence-electron chi connectivity index (χ1n) is 6.79. The maximum Gasteiger partial charge on any atom is 0.326 e. The van der Waals surface area contributed by atoms with Crippen molar-refractivity contribution in [2.45, 2.75) is 52.0 Å². The number of rotatable bonds is 6. The van der Waals surface area contributed by atoms with Crippen molar-refractivity contribution in [2.75, 3.05) is 13.1 Å². The van der Waals surface area contributed by atoms with Crippen LogP contribution in [0.3, 0.4) is 0 Å². The highest BCUT2D eigenvalue weighted by Gasteiger charge is 2.33. The van der Waals surface area contributed by atoms with E-state index in [9.17, 15) is 9.59 Å². The highest BCUT2D eigenvalue weighted by Crippen LogP contribution is 2.17. The zero-order chi connectivity index (χ0) is 13.5. The second kappa shape index (κ2) is 7.24. The summed E-state index contributed by atoms with van der Waals surface area (Å²) in [6, 6.07) is -0.870. The number of hydrogen-bond donors (Lipinski definition) is 2. The summed E-state index contributed by atoms with van der Waals surface area (Å²) in [5, 5.41) is 11.8. The molecule has 1 saturated heterocycles. The summed E-state index contributed by atoms with van der Waals surface area (Å²) < 4.78 is 0. The van der Waals surface area contributed by atoms with Gasteiger partial charge in [0, 0.05) is 13.1 Å². The number of likely N-dealkylation sites (tertiary alicyclic amines) is 1. The number of urea groups is 1. The fourth-order valence-electron chi connectivity index (χ4n) is 2.24. The van der Waals surface area contributed by atoms with Crippen LogP contribution in [0, 0.1) is 5.92 Å². The maximum atomic E-state index is 11.8. The summed E-state index contributed by atoms with van der Waals surface area (Å²) >= 11 is 0. The number of nitrogens with one attached hydrogen (secondary N) is 1. The van der Waals surface area contributed by atoms with Gasteiger partial charge in [0.2, 0.25) is 0 Å². The van der Waals surface area contributed by atoms with E-state index in [0.717, 1.165) is 25.7 Å². The molecule has 0 aromatic heterocycles. The summed E-state index contributed by atoms with van der Waals surface area (Å²) in [6.45, 7) is 5.55. The number of hydrogen-bond acceptors (Lipinski definition) is 2. The lowest BCUT2D eigenvalue weighted by molar-refractivity contribution is -0.141. The van der Waals surface area contributed by atoms with Crippen molar-refractivity contribution < 1.29 is 14.7 Å². The lowest BCUT2D eigenvalue weighted by Crippen LogP contribution is -2.46. The van der Waals surface area contributed by atoms with Gasteiger partial charge in [0.15, 0.2) is 0 Å². The summed E-state index contributed by atoms with van der Waals surface area (Å²) in [5.41, 5.74) is 0. The molecule has 0 saturated carbocycles. The number of nitrogens with zero attached hydrogens (tertiary/aromatic N) is 1. The molecule has 0 aromatic rings. The van der Waals surface area contributed by atoms with Gasteiger partial charge in [0.05, 0.1) is 0 Å². The average Bonchev–Trinajstić information content (AvgIpc) is 2.76. The van der Waals surface area contributed by atoms with Gasteiger partial charge in [0.1, 0.15) is 6.04 Å². The third kappa shape index (κ3) is 4.55. The van der Waals surface area contributed by atoms with Gasteiger partial charge in [-0.25, -0.2) is 9.59 Å². The number of carboxylic acids is 1. The smallest absolute Gasteiger partial charge is 0.326 e. The van der Waals surface area contributed by atoms with Crippen LogP contribution in [0.4, 0.5) is 4.79 Å². The molecule has 0 unspecified atom stereocenters. The summed E-state index contributed by atoms with van der Waals surface area (Å²) in [5.74, 6) is -0.210. The first-order chi connectivity index (χ1) is 8.52. The molecule has 1 rings (SSSR count). The molecule has 0 radical (unpaired) electrons. The largest absolute Gasteiger partial charge is 0.480 e. The van der Waals surface area contributed by atoms with E-state index >= 15 is 0 Å². The molecule has 5 heteroatoms. The molecule has 5 nitrogen and oxygen atoms in total. The lowest BCUT2D eigenvalue weighted by Gasteiger charge is -2.21. The summed E-state index contributed by atoms with van der Waals surface area (Å²) in [7, 11) is 0. The molecule has 0 spiro atoms. The van der Waals surface area contributed by atoms with Crippen molar-refractivity contribution in [2.24, 2.45) is 5.92 Å². The van der Waals surface area contributed by atoms with E-state index < -0.39 is 12.0 Å². The molecular weight excluding hydrogens is 232 g/mol. The molecule has 0 aromatic carbocycles. The summed E-state index contributed by atoms with van der Waals surface area (Å²) in [4.78, 5) is 24.2. The number of unbranched alkanes of at least 4 members (excludes halogenated alkanes) is 1. The first kappa shape index (κ1) is 14.8. The van der Waals surface area contributed by atoms with Crippen LogP contribution in [0.15, 0.2) is 0 Å². The van der Waals surface area contributed by atoms with Crippen LogP contribution in [0.1, 0.15) is 46.0 Å². The van der Waals surface area contributed by atoms with Crippen LogP contribution in [-0.2, 0) is 4.79 Å². The molecule has 1 aliphatic rings. The topological polar surface area (TPSA) is 69.6 Å². The van der Waals surface area contributed by atoms with E-state index in [4.69, 9.17) is 5.11 Å². The van der Waals surface area contributed by atoms with Gasteiger partial charge in [-0.15, -0.1) is 0 Å². The molecule has 1 heterocycles. The van der Waals surface area contributed by atoms with Gasteiger partial charge in [-0.3, -0.25) is 0 Å². The normalized spacial score (nSPS) is 19.3. The van der Waals surface area contributed by atoms with Crippen LogP contribution >= 0.6 is 0 Å². The van der Waals surface area contributed by atoms with Gasteiger partial charge in [-0.05, 0) is 25.2 Å². The Labute approximate surface area is 109 Å². The number of aliphatic carboxylic acids is 1. The molecule has 1 aliphatic heterocycles. The Hall–Kier alpha value is -1.26. The zero-order valence-corrected chi connectivity index (χ0v) is 11.3. The van der Waals surface area contributed by atoms with Crippen LogP contribution < -0.4 is 5.32 Å². The van der Waals surface area contributed by atoms with Crippen molar-refractivity contribution >= 4 is 12.0 Å². The standard InChI is InChI=1S/C13H24N2O3/c1-10(2)6-3-4-8-14-13(18)15-9-5-7-11(15)12(16)17/h10-11H,3-9H2,1-2H3,(H,14,18)(H,16,17)/t11-/m0/s1. The molecule has 1 fully saturated rings. The molecule has 0 bridgehead atoms. The molecule has 18 heavy (non-hydrogen) atoms. The van der Waals surface area contributed by atoms with Crippen molar-refractivity contribution in [3.05, 3.63) is 0 Å². The van der Waals surface area contributed by atoms with Gasteiger partial charge < -0.3 is 15.3 Å². The lowest BCUT2D eigenvalue weighted by atomic mass is 10.1. The maximum absolute atomic E-state index is 11.8. The monoisotopic (exact) mass is 256 g/mol. The van der Waals surface area contributed by atoms with Crippen LogP contribution in [0.2, 0.25) is 0 Å². The van der Waals surface area contributed by atoms with Crippen LogP contribution in [0.5, 0.6) is 0 Å². The van der Waals surface area contributed by atoms with E-state index in [1.54, 1.807) is 0 Å². The highest BCUT2D eigenvalue weighted by molar-refractivity contribution is 5.83. The van der Waals surface area contributed by atoms with Gasteiger partial charge in [-0.1, -0.05) is 26.7 Å². The molecule has 2 amide bonds. The van der Waals surface area contributed by atoms with Crippen molar-refractivity contribution in [1.29, 1.82) is 0 Å². The number of carboxylic acid groups (broad SMARTS) is 1. The van der Waals surface area contributed by atoms with E-state index in [-0.39, 0.29) is 6.03 Å². The highest BCUT2D eigenvalue weighted by atomic mass is 16.4. The Morgan fingerprint density at radius 3 is 2.72 bits per heavy atom. The van der Waals surface area contributed by atoms with E-state index in [0.29, 0.717) is 25.4 Å². The van der Waals surface area contributed by atoms with Crippen LogP contribution in [-0.4, -0.2) is 41.1 Å². The minimum Gasteiger partial charge on any atom is -0.480 e. The fourth-order valence-corrected chi connectivity index (χ4v) is 2.24. The first-order valence-corrected chi connectivity index (χ1v) is 6.79. The van der Waals surface area contributed by atoms with Crippen LogP contribution in [0.25, 0.3) is 0 Å². The second-order valence-corrected chi connectivity index (χ2v) is 5.31. The minimum atomic E-state index is -0.901. The minimum absolute atomic E-state index is 0.232. The van der Waals surface area contributed by atoms with E-state index in [2.05, 4.69) is 19.2 Å². The van der Waals surface area contributed by atoms with Crippen molar-refractivity contribution in [3.8, 4) is 0 Å². The number of carbonyl (C=O) groups excluding carboxylic acids is 1. The van der Waals surface area contributed by atoms with E-state index in [1.807, 2.05) is 0 Å². The third-order valence-electron chi connectivity index (χ3n) is 3.28. The van der Waals surface area contributed by atoms with Crippen molar-refractivity contribution in [3.63, 3.8) is 0 Å². The molecule has 2 N–H and O–H groups in total. The van der Waals surface area contributed by atoms with E-state index in [1.165, 1.54) is 4.90 Å². The number of carbonyl (C=O) groups is 2. The third-order valence-corrected chi connectivity index (χ3v) is 3.28. The molecule has 104 valence electrons. The molecule has 0 aliphatic carbocycles. The predicted octanol–water partition coefficient (Wildman–Crippen LogP) is 2.07. The Bertz CT molecular complexity index is 292. The predicted molar refractivity (Wildman–Crippen MR) is 69.5 cm³/mol. The van der Waals surface area contributed by atoms with Gasteiger partial charge in [0.25, 0.3) is 0 Å². The van der Waals surface area contributed by atoms with Crippen molar-refractivity contribution in [1.82, 2.24) is 10.2 Å². The number of amides is 2. The molecular formula is C13H24N2O3. The zero-order valence-electron chi connectivity index (χ0n) is 11.3. The Balaban J connectivity index is 2.22. The Morgan fingerprint density at radius 1 is 1.39 bits per heavy atom. The quantitative estimate of drug-likeness (QED) is 0.715.